The average molecular weight is 382 g/mol. The molecule has 0 aromatic rings. The molecule has 3 aliphatic heterocycles. The van der Waals surface area contributed by atoms with Gasteiger partial charge in [-0.05, 0) is 26.2 Å². The first-order valence-corrected chi connectivity index (χ1v) is 10.0. The monoisotopic (exact) mass is 382 g/mol. The molecule has 0 saturated carbocycles. The number of unbranched alkanes of at least 4 members (excludes halogenated alkanes) is 2. The van der Waals surface area contributed by atoms with Gasteiger partial charge in [-0.3, -0.25) is 14.4 Å². The van der Waals surface area contributed by atoms with Crippen molar-refractivity contribution in [2.45, 2.75) is 63.7 Å². The molecular weight excluding hydrogens is 352 g/mol. The summed E-state index contributed by atoms with van der Waals surface area (Å²) in [4.78, 5) is 40.0. The summed E-state index contributed by atoms with van der Waals surface area (Å²) in [5.74, 6) is -2.38. The van der Waals surface area contributed by atoms with Crippen LogP contribution in [0.5, 0.6) is 0 Å². The van der Waals surface area contributed by atoms with Crippen molar-refractivity contribution >= 4 is 17.8 Å². The fourth-order valence-electron chi connectivity index (χ4n) is 4.99. The van der Waals surface area contributed by atoms with Crippen LogP contribution in [0.15, 0.2) is 0 Å². The number of hydrogen-bond donors (Lipinski definition) is 2. The predicted octanol–water partition coefficient (Wildman–Crippen LogP) is 0.223. The Hall–Kier alpha value is -1.67. The Bertz CT molecular complexity index is 597. The molecular formula is C19H30N2O6. The second-order valence-electron chi connectivity index (χ2n) is 7.56. The summed E-state index contributed by atoms with van der Waals surface area (Å²) < 4.78 is 11.3. The van der Waals surface area contributed by atoms with Gasteiger partial charge in [0.15, 0.2) is 0 Å². The number of esters is 1. The summed E-state index contributed by atoms with van der Waals surface area (Å²) in [6, 6.07) is -0.812. The summed E-state index contributed by atoms with van der Waals surface area (Å²) in [6.07, 6.45) is 3.73. The fraction of sp³-hybridized carbons (Fsp3) is 0.842. The predicted molar refractivity (Wildman–Crippen MR) is 95.6 cm³/mol. The van der Waals surface area contributed by atoms with Crippen molar-refractivity contribution in [2.24, 2.45) is 11.8 Å². The molecule has 0 radical (unpaired) electrons. The minimum Gasteiger partial charge on any atom is -0.466 e. The molecule has 0 unspecified atom stereocenters. The van der Waals surface area contributed by atoms with E-state index in [1.165, 1.54) is 4.90 Å². The summed E-state index contributed by atoms with van der Waals surface area (Å²) in [7, 11) is 0. The number of carbonyl (C=O) groups excluding carboxylic acids is 3. The molecule has 2 N–H and O–H groups in total. The van der Waals surface area contributed by atoms with Gasteiger partial charge in [0.25, 0.3) is 0 Å². The van der Waals surface area contributed by atoms with E-state index in [-0.39, 0.29) is 37.7 Å². The van der Waals surface area contributed by atoms with Gasteiger partial charge >= 0.3 is 5.97 Å². The Kier molecular flexibility index (Phi) is 6.05. The SMILES string of the molecule is CCCCCNC(=O)[C@@H]1N(CCO)C(=O)[C@H]2[C@H](C(=O)OCC)[C@@H]3CC[C@]12O3. The van der Waals surface area contributed by atoms with Gasteiger partial charge < -0.3 is 24.8 Å². The van der Waals surface area contributed by atoms with Crippen molar-refractivity contribution in [1.29, 1.82) is 0 Å². The van der Waals surface area contributed by atoms with Gasteiger partial charge in [-0.1, -0.05) is 19.8 Å². The van der Waals surface area contributed by atoms with Crippen molar-refractivity contribution in [1.82, 2.24) is 10.2 Å². The number of β-amino-alcohol motifs (C(OH)–C–C–N with tert-alkyl or cyclic N) is 1. The van der Waals surface area contributed by atoms with Gasteiger partial charge in [-0.25, -0.2) is 0 Å². The number of ether oxygens (including phenoxy) is 2. The number of amides is 2. The Morgan fingerprint density at radius 3 is 2.81 bits per heavy atom. The number of aliphatic hydroxyl groups is 1. The summed E-state index contributed by atoms with van der Waals surface area (Å²) in [5.41, 5.74) is -0.997. The summed E-state index contributed by atoms with van der Waals surface area (Å²) in [5, 5.41) is 12.3. The van der Waals surface area contributed by atoms with Crippen LogP contribution in [0.4, 0.5) is 0 Å². The Morgan fingerprint density at radius 1 is 1.37 bits per heavy atom. The highest BCUT2D eigenvalue weighted by Crippen LogP contribution is 2.58. The molecule has 2 amide bonds. The molecule has 152 valence electrons. The molecule has 3 rings (SSSR count). The number of fused-ring (bicyclic) bond motifs is 1. The fourth-order valence-corrected chi connectivity index (χ4v) is 4.99. The smallest absolute Gasteiger partial charge is 0.312 e. The maximum atomic E-state index is 13.1. The van der Waals surface area contributed by atoms with Crippen LogP contribution in [0.1, 0.15) is 46.0 Å². The second kappa shape index (κ2) is 8.14. The first-order valence-electron chi connectivity index (χ1n) is 10.0. The number of carbonyl (C=O) groups is 3. The van der Waals surface area contributed by atoms with Crippen molar-refractivity contribution < 1.29 is 29.0 Å². The number of hydrogen-bond acceptors (Lipinski definition) is 6. The van der Waals surface area contributed by atoms with Crippen LogP contribution in [0.3, 0.4) is 0 Å². The van der Waals surface area contributed by atoms with Crippen LogP contribution >= 0.6 is 0 Å². The summed E-state index contributed by atoms with van der Waals surface area (Å²) >= 11 is 0. The van der Waals surface area contributed by atoms with Gasteiger partial charge in [-0.2, -0.15) is 0 Å². The molecule has 0 aromatic carbocycles. The quantitative estimate of drug-likeness (QED) is 0.437. The number of rotatable bonds is 9. The van der Waals surface area contributed by atoms with E-state index in [2.05, 4.69) is 12.2 Å². The van der Waals surface area contributed by atoms with Crippen LogP contribution in [-0.4, -0.2) is 71.8 Å². The lowest BCUT2D eigenvalue weighted by Crippen LogP contribution is -2.55. The van der Waals surface area contributed by atoms with Gasteiger partial charge in [-0.15, -0.1) is 0 Å². The van der Waals surface area contributed by atoms with Crippen LogP contribution in [0, 0.1) is 11.8 Å². The Morgan fingerprint density at radius 2 is 2.15 bits per heavy atom. The molecule has 8 heteroatoms. The molecule has 2 bridgehead atoms. The van der Waals surface area contributed by atoms with E-state index in [1.807, 2.05) is 0 Å². The van der Waals surface area contributed by atoms with Crippen LogP contribution < -0.4 is 5.32 Å². The standard InChI is InChI=1S/C19H30N2O6/c1-3-5-6-9-20-16(23)15-19-8-7-12(27-19)13(18(25)26-4-2)14(19)17(24)21(15)10-11-22/h12-15,22H,3-11H2,1-2H3,(H,20,23)/t12-,13+,14+,15-,19+/m0/s1. The molecule has 27 heavy (non-hydrogen) atoms. The molecule has 3 fully saturated rings. The molecule has 3 heterocycles. The van der Waals surface area contributed by atoms with Gasteiger partial charge in [0.1, 0.15) is 11.6 Å². The highest BCUT2D eigenvalue weighted by atomic mass is 16.6. The lowest BCUT2D eigenvalue weighted by atomic mass is 9.71. The van der Waals surface area contributed by atoms with Crippen molar-refractivity contribution in [3.63, 3.8) is 0 Å². The third kappa shape index (κ3) is 3.23. The Balaban J connectivity index is 1.85. The minimum atomic E-state index is -0.997. The molecule has 3 saturated heterocycles. The first kappa shape index (κ1) is 20.1. The van der Waals surface area contributed by atoms with Crippen molar-refractivity contribution in [3.8, 4) is 0 Å². The van der Waals surface area contributed by atoms with E-state index in [1.54, 1.807) is 6.92 Å². The molecule has 0 aliphatic carbocycles. The zero-order valence-electron chi connectivity index (χ0n) is 16.1. The van der Waals surface area contributed by atoms with E-state index in [4.69, 9.17) is 9.47 Å². The maximum Gasteiger partial charge on any atom is 0.312 e. The molecule has 8 nitrogen and oxygen atoms in total. The zero-order chi connectivity index (χ0) is 19.6. The van der Waals surface area contributed by atoms with E-state index >= 15 is 0 Å². The van der Waals surface area contributed by atoms with Gasteiger partial charge in [0, 0.05) is 13.1 Å². The maximum absolute atomic E-state index is 13.1. The van der Waals surface area contributed by atoms with E-state index in [0.29, 0.717) is 19.4 Å². The normalized spacial score (nSPS) is 34.0. The molecule has 5 atom stereocenters. The second-order valence-corrected chi connectivity index (χ2v) is 7.56. The number of nitrogens with zero attached hydrogens (tertiary/aromatic N) is 1. The minimum absolute atomic E-state index is 0.0493. The summed E-state index contributed by atoms with van der Waals surface area (Å²) in [6.45, 7) is 4.39. The van der Waals surface area contributed by atoms with Crippen LogP contribution in [0.2, 0.25) is 0 Å². The third-order valence-electron chi connectivity index (χ3n) is 6.03. The van der Waals surface area contributed by atoms with Crippen molar-refractivity contribution in [2.75, 3.05) is 26.3 Å². The highest BCUT2D eigenvalue weighted by molar-refractivity contribution is 5.98. The van der Waals surface area contributed by atoms with Crippen molar-refractivity contribution in [3.05, 3.63) is 0 Å². The van der Waals surface area contributed by atoms with Crippen LogP contribution in [-0.2, 0) is 23.9 Å². The number of nitrogens with one attached hydrogen (secondary N) is 1. The topological polar surface area (TPSA) is 105 Å². The van der Waals surface area contributed by atoms with E-state index < -0.39 is 29.4 Å². The van der Waals surface area contributed by atoms with E-state index in [9.17, 15) is 19.5 Å². The lowest BCUT2D eigenvalue weighted by molar-refractivity contribution is -0.154. The van der Waals surface area contributed by atoms with Crippen LogP contribution in [0.25, 0.3) is 0 Å². The average Bonchev–Trinajstić information content (AvgIpc) is 3.27. The first-order chi connectivity index (χ1) is 13.0. The number of likely N-dealkylation sites (tertiary alicyclic amines) is 1. The number of aliphatic hydroxyl groups excluding tert-OH is 1. The molecule has 3 aliphatic rings. The van der Waals surface area contributed by atoms with Gasteiger partial charge in [0.05, 0.1) is 31.2 Å². The van der Waals surface area contributed by atoms with E-state index in [0.717, 1.165) is 19.3 Å². The lowest BCUT2D eigenvalue weighted by Gasteiger charge is -2.33. The molecule has 0 aromatic heterocycles. The Labute approximate surface area is 159 Å². The van der Waals surface area contributed by atoms with Gasteiger partial charge in [0.2, 0.25) is 11.8 Å². The molecule has 1 spiro atoms. The third-order valence-corrected chi connectivity index (χ3v) is 6.03. The zero-order valence-corrected chi connectivity index (χ0v) is 16.1. The highest BCUT2D eigenvalue weighted by Gasteiger charge is 2.74. The largest absolute Gasteiger partial charge is 0.466 e.